The summed E-state index contributed by atoms with van der Waals surface area (Å²) >= 11 is 0. The number of ether oxygens (including phenoxy) is 1. The Labute approximate surface area is 229 Å². The summed E-state index contributed by atoms with van der Waals surface area (Å²) in [4.78, 5) is 47.6. The maximum atomic E-state index is 12.7. The Balaban J connectivity index is 4.40. The molecule has 38 heavy (non-hydrogen) atoms. The lowest BCUT2D eigenvalue weighted by molar-refractivity contribution is -0.184. The van der Waals surface area contributed by atoms with Crippen molar-refractivity contribution in [2.24, 2.45) is 11.8 Å². The maximum absolute atomic E-state index is 12.7. The Bertz CT molecular complexity index is 675. The van der Waals surface area contributed by atoms with Crippen LogP contribution in [0.2, 0.25) is 0 Å². The van der Waals surface area contributed by atoms with E-state index in [1.807, 2.05) is 6.92 Å². The summed E-state index contributed by atoms with van der Waals surface area (Å²) in [6, 6.07) is 0. The Morgan fingerprint density at radius 2 is 1.13 bits per heavy atom. The van der Waals surface area contributed by atoms with E-state index in [0.29, 0.717) is 19.3 Å². The highest BCUT2D eigenvalue weighted by Gasteiger charge is 2.50. The molecule has 0 aromatic rings. The lowest BCUT2D eigenvalue weighted by Crippen LogP contribution is -2.51. The van der Waals surface area contributed by atoms with E-state index in [0.717, 1.165) is 38.0 Å². The highest BCUT2D eigenvalue weighted by molar-refractivity contribution is 5.93. The van der Waals surface area contributed by atoms with Crippen molar-refractivity contribution in [3.63, 3.8) is 0 Å². The number of aliphatic hydroxyl groups is 1. The molecule has 0 rings (SSSR count). The van der Waals surface area contributed by atoms with E-state index in [2.05, 4.69) is 13.8 Å². The van der Waals surface area contributed by atoms with Gasteiger partial charge in [-0.3, -0.25) is 14.4 Å². The van der Waals surface area contributed by atoms with Crippen LogP contribution in [0.15, 0.2) is 0 Å². The standard InChI is InChI=1S/C30H54O8/c1-4-5-17-22-27(33)38-28(34)25(30(37,29(35)36)23-26(31)32)21-19-16-14-12-10-8-6-7-9-11-13-15-18-20-24(2)3/h24-25,37H,4-23H2,1-3H3,(H,31,32)(H,35,36). The molecule has 2 unspecified atom stereocenters. The van der Waals surface area contributed by atoms with Crippen LogP contribution in [0, 0.1) is 11.8 Å². The zero-order valence-corrected chi connectivity index (χ0v) is 24.2. The quantitative estimate of drug-likeness (QED) is 0.0633. The van der Waals surface area contributed by atoms with E-state index in [1.165, 1.54) is 57.8 Å². The Kier molecular flexibility index (Phi) is 20.8. The predicted molar refractivity (Wildman–Crippen MR) is 148 cm³/mol. The second kappa shape index (κ2) is 21.9. The molecule has 0 aliphatic heterocycles. The third kappa shape index (κ3) is 17.5. The maximum Gasteiger partial charge on any atom is 0.337 e. The summed E-state index contributed by atoms with van der Waals surface area (Å²) in [6.45, 7) is 6.51. The normalized spacial score (nSPS) is 13.7. The SMILES string of the molecule is CCCCCC(=O)OC(=O)C(CCCCCCCCCCCCCCCC(C)C)C(O)(CC(=O)O)C(=O)O. The number of hydrogen-bond acceptors (Lipinski definition) is 6. The van der Waals surface area contributed by atoms with E-state index < -0.39 is 41.8 Å². The average Bonchev–Trinajstić information content (AvgIpc) is 2.83. The van der Waals surface area contributed by atoms with E-state index in [1.54, 1.807) is 0 Å². The smallest absolute Gasteiger partial charge is 0.337 e. The molecular formula is C30H54O8. The van der Waals surface area contributed by atoms with Gasteiger partial charge < -0.3 is 20.1 Å². The molecule has 0 spiro atoms. The molecule has 0 radical (unpaired) electrons. The summed E-state index contributed by atoms with van der Waals surface area (Å²) in [6.07, 6.45) is 16.8. The molecular weight excluding hydrogens is 488 g/mol. The Hall–Kier alpha value is -1.96. The summed E-state index contributed by atoms with van der Waals surface area (Å²) < 4.78 is 4.82. The van der Waals surface area contributed by atoms with Crippen molar-refractivity contribution in [3.05, 3.63) is 0 Å². The van der Waals surface area contributed by atoms with Gasteiger partial charge in [0.25, 0.3) is 0 Å². The molecule has 0 fully saturated rings. The van der Waals surface area contributed by atoms with Crippen molar-refractivity contribution in [1.29, 1.82) is 0 Å². The van der Waals surface area contributed by atoms with Crippen molar-refractivity contribution in [2.45, 2.75) is 155 Å². The first-order valence-electron chi connectivity index (χ1n) is 15.0. The Morgan fingerprint density at radius 3 is 1.53 bits per heavy atom. The number of carboxylic acid groups (broad SMARTS) is 2. The van der Waals surface area contributed by atoms with Crippen molar-refractivity contribution < 1.29 is 39.2 Å². The van der Waals surface area contributed by atoms with Gasteiger partial charge >= 0.3 is 23.9 Å². The number of carbonyl (C=O) groups excluding carboxylic acids is 2. The van der Waals surface area contributed by atoms with Crippen LogP contribution in [0.4, 0.5) is 0 Å². The highest BCUT2D eigenvalue weighted by atomic mass is 16.6. The molecule has 0 heterocycles. The van der Waals surface area contributed by atoms with Gasteiger partial charge in [-0.05, 0) is 18.8 Å². The molecule has 0 aliphatic rings. The number of unbranched alkanes of at least 4 members (excludes halogenated alkanes) is 14. The fourth-order valence-electron chi connectivity index (χ4n) is 4.73. The summed E-state index contributed by atoms with van der Waals surface area (Å²) in [5.74, 6) is -6.14. The second-order valence-corrected chi connectivity index (χ2v) is 11.2. The van der Waals surface area contributed by atoms with E-state index in [9.17, 15) is 29.4 Å². The van der Waals surface area contributed by atoms with Crippen molar-refractivity contribution in [1.82, 2.24) is 0 Å². The number of esters is 2. The van der Waals surface area contributed by atoms with Crippen molar-refractivity contribution >= 4 is 23.9 Å². The van der Waals surface area contributed by atoms with Crippen LogP contribution >= 0.6 is 0 Å². The molecule has 0 saturated carbocycles. The van der Waals surface area contributed by atoms with Crippen LogP contribution in [0.5, 0.6) is 0 Å². The molecule has 8 heteroatoms. The van der Waals surface area contributed by atoms with E-state index in [-0.39, 0.29) is 12.8 Å². The summed E-state index contributed by atoms with van der Waals surface area (Å²) in [5, 5.41) is 29.3. The van der Waals surface area contributed by atoms with E-state index in [4.69, 9.17) is 9.84 Å². The molecule has 0 amide bonds. The lowest BCUT2D eigenvalue weighted by Gasteiger charge is -2.29. The van der Waals surface area contributed by atoms with Gasteiger partial charge in [0.05, 0.1) is 12.3 Å². The van der Waals surface area contributed by atoms with Crippen LogP contribution in [0.25, 0.3) is 0 Å². The molecule has 0 aromatic heterocycles. The molecule has 0 aliphatic carbocycles. The van der Waals surface area contributed by atoms with Crippen LogP contribution < -0.4 is 0 Å². The van der Waals surface area contributed by atoms with Gasteiger partial charge in [-0.15, -0.1) is 0 Å². The van der Waals surface area contributed by atoms with Gasteiger partial charge in [0.15, 0.2) is 5.60 Å². The van der Waals surface area contributed by atoms with Gasteiger partial charge in [-0.2, -0.15) is 0 Å². The molecule has 0 bridgehead atoms. The number of hydrogen-bond donors (Lipinski definition) is 3. The summed E-state index contributed by atoms with van der Waals surface area (Å²) in [5.41, 5.74) is -2.83. The first-order valence-corrected chi connectivity index (χ1v) is 15.0. The lowest BCUT2D eigenvalue weighted by atomic mass is 9.81. The topological polar surface area (TPSA) is 138 Å². The van der Waals surface area contributed by atoms with Gasteiger partial charge in [-0.1, -0.05) is 124 Å². The zero-order valence-electron chi connectivity index (χ0n) is 24.2. The molecule has 0 saturated heterocycles. The van der Waals surface area contributed by atoms with Gasteiger partial charge in [-0.25, -0.2) is 4.79 Å². The first kappa shape index (κ1) is 36.0. The van der Waals surface area contributed by atoms with E-state index >= 15 is 0 Å². The van der Waals surface area contributed by atoms with Crippen LogP contribution in [0.1, 0.15) is 149 Å². The van der Waals surface area contributed by atoms with Crippen molar-refractivity contribution in [3.8, 4) is 0 Å². The van der Waals surface area contributed by atoms with Crippen LogP contribution in [-0.4, -0.2) is 44.8 Å². The summed E-state index contributed by atoms with van der Waals surface area (Å²) in [7, 11) is 0. The minimum atomic E-state index is -2.83. The third-order valence-corrected chi connectivity index (χ3v) is 7.13. The third-order valence-electron chi connectivity index (χ3n) is 7.13. The fraction of sp³-hybridized carbons (Fsp3) is 0.867. The van der Waals surface area contributed by atoms with Gasteiger partial charge in [0.1, 0.15) is 0 Å². The van der Waals surface area contributed by atoms with Crippen molar-refractivity contribution in [2.75, 3.05) is 0 Å². The van der Waals surface area contributed by atoms with Gasteiger partial charge in [0, 0.05) is 6.42 Å². The number of rotatable bonds is 25. The minimum absolute atomic E-state index is 0.00896. The predicted octanol–water partition coefficient (Wildman–Crippen LogP) is 7.05. The van der Waals surface area contributed by atoms with Crippen LogP contribution in [0.3, 0.4) is 0 Å². The highest BCUT2D eigenvalue weighted by Crippen LogP contribution is 2.29. The monoisotopic (exact) mass is 542 g/mol. The first-order chi connectivity index (χ1) is 18.0. The number of carbonyl (C=O) groups is 4. The molecule has 3 N–H and O–H groups in total. The van der Waals surface area contributed by atoms with Gasteiger partial charge in [0.2, 0.25) is 0 Å². The number of aliphatic carboxylic acids is 2. The molecule has 0 aromatic carbocycles. The minimum Gasteiger partial charge on any atom is -0.481 e. The molecule has 8 nitrogen and oxygen atoms in total. The largest absolute Gasteiger partial charge is 0.481 e. The second-order valence-electron chi connectivity index (χ2n) is 11.2. The Morgan fingerprint density at radius 1 is 0.684 bits per heavy atom. The number of carboxylic acids is 2. The average molecular weight is 543 g/mol. The molecule has 2 atom stereocenters. The van der Waals surface area contributed by atoms with Crippen LogP contribution in [-0.2, 0) is 23.9 Å². The molecule has 222 valence electrons. The fourth-order valence-corrected chi connectivity index (χ4v) is 4.73. The zero-order chi connectivity index (χ0) is 28.8.